The van der Waals surface area contributed by atoms with Gasteiger partial charge in [0, 0.05) is 30.5 Å². The van der Waals surface area contributed by atoms with Crippen molar-refractivity contribution in [3.8, 4) is 17.1 Å². The van der Waals surface area contributed by atoms with Crippen molar-refractivity contribution in [3.05, 3.63) is 36.8 Å². The first-order valence-corrected chi connectivity index (χ1v) is 9.71. The number of nitrogens with zero attached hydrogens (tertiary/aromatic N) is 4. The summed E-state index contributed by atoms with van der Waals surface area (Å²) in [5.41, 5.74) is 2.50. The van der Waals surface area contributed by atoms with E-state index in [9.17, 15) is 0 Å². The first-order valence-electron chi connectivity index (χ1n) is 9.71. The van der Waals surface area contributed by atoms with E-state index in [1.165, 1.54) is 0 Å². The van der Waals surface area contributed by atoms with Gasteiger partial charge in [0.1, 0.15) is 12.7 Å². The third-order valence-electron chi connectivity index (χ3n) is 4.97. The Hall–Kier alpha value is -2.51. The van der Waals surface area contributed by atoms with Crippen LogP contribution in [0.4, 0.5) is 0 Å². The zero-order valence-corrected chi connectivity index (χ0v) is 16.8. The van der Waals surface area contributed by atoms with Crippen LogP contribution in [0.3, 0.4) is 0 Å². The van der Waals surface area contributed by atoms with Gasteiger partial charge < -0.3 is 14.8 Å². The molecule has 0 radical (unpaired) electrons. The fourth-order valence-corrected chi connectivity index (χ4v) is 3.25. The smallest absolute Gasteiger partial charge is 0.223 e. The molecule has 4 rings (SSSR count). The van der Waals surface area contributed by atoms with E-state index in [1.54, 1.807) is 6.20 Å². The summed E-state index contributed by atoms with van der Waals surface area (Å²) in [7, 11) is 0. The predicted octanol–water partition coefficient (Wildman–Crippen LogP) is 3.00. The van der Waals surface area contributed by atoms with Crippen LogP contribution in [0.1, 0.15) is 27.7 Å². The predicted molar refractivity (Wildman–Crippen MR) is 108 cm³/mol. The second kappa shape index (κ2) is 7.48. The van der Waals surface area contributed by atoms with Crippen molar-refractivity contribution in [1.82, 2.24) is 25.1 Å². The Morgan fingerprint density at radius 3 is 2.96 bits per heavy atom. The van der Waals surface area contributed by atoms with Crippen LogP contribution >= 0.6 is 0 Å². The fourth-order valence-electron chi connectivity index (χ4n) is 3.25. The molecule has 148 valence electrons. The molecule has 0 saturated carbocycles. The molecule has 0 spiro atoms. The Bertz CT molecular complexity index is 963. The summed E-state index contributed by atoms with van der Waals surface area (Å²) in [5, 5.41) is 8.80. The maximum Gasteiger partial charge on any atom is 0.223 e. The summed E-state index contributed by atoms with van der Waals surface area (Å²) in [6.45, 7) is 10.5. The molecular weight excluding hydrogens is 354 g/mol. The Kier molecular flexibility index (Phi) is 5.03. The Morgan fingerprint density at radius 2 is 2.21 bits per heavy atom. The SMILES string of the molecule is C[C@@H]1NCCO[C@@H]1COc1nc(-c2cnn(C(C)(C)C)c2)cc2ncccc12. The van der Waals surface area contributed by atoms with Crippen LogP contribution < -0.4 is 10.1 Å². The molecule has 2 atom stereocenters. The number of ether oxygens (including phenoxy) is 2. The summed E-state index contributed by atoms with van der Waals surface area (Å²) in [6.07, 6.45) is 5.62. The van der Waals surface area contributed by atoms with Crippen molar-refractivity contribution >= 4 is 10.9 Å². The van der Waals surface area contributed by atoms with Gasteiger partial charge in [0.05, 0.1) is 34.9 Å². The van der Waals surface area contributed by atoms with Gasteiger partial charge in [-0.3, -0.25) is 9.67 Å². The van der Waals surface area contributed by atoms with Crippen LogP contribution in [0.15, 0.2) is 36.8 Å². The number of pyridine rings is 2. The molecule has 4 heterocycles. The normalized spacial score (nSPS) is 20.4. The maximum absolute atomic E-state index is 6.12. The minimum atomic E-state index is -0.0891. The first-order chi connectivity index (χ1) is 13.4. The standard InChI is InChI=1S/C21H27N5O2/c1-14-19(27-9-8-22-14)13-28-20-16-6-5-7-23-18(16)10-17(25-20)15-11-24-26(12-15)21(2,3)4/h5-7,10-12,14,19,22H,8-9,13H2,1-4H3/t14-,19+/m0/s1. The quantitative estimate of drug-likeness (QED) is 0.749. The van der Waals surface area contributed by atoms with Crippen LogP contribution in [0.25, 0.3) is 22.2 Å². The monoisotopic (exact) mass is 381 g/mol. The van der Waals surface area contributed by atoms with E-state index < -0.39 is 0 Å². The summed E-state index contributed by atoms with van der Waals surface area (Å²) in [6, 6.07) is 6.10. The number of hydrogen-bond acceptors (Lipinski definition) is 6. The van der Waals surface area contributed by atoms with Gasteiger partial charge in [-0.2, -0.15) is 5.10 Å². The molecule has 0 aromatic carbocycles. The molecule has 7 heteroatoms. The van der Waals surface area contributed by atoms with Gasteiger partial charge in [-0.1, -0.05) is 0 Å². The molecule has 0 amide bonds. The van der Waals surface area contributed by atoms with Crippen molar-refractivity contribution in [2.45, 2.75) is 45.4 Å². The molecule has 0 bridgehead atoms. The minimum absolute atomic E-state index is 0.00503. The molecule has 0 unspecified atom stereocenters. The second-order valence-corrected chi connectivity index (χ2v) is 8.19. The van der Waals surface area contributed by atoms with E-state index in [1.807, 2.05) is 35.3 Å². The third-order valence-corrected chi connectivity index (χ3v) is 4.97. The van der Waals surface area contributed by atoms with E-state index in [-0.39, 0.29) is 17.7 Å². The average Bonchev–Trinajstić information content (AvgIpc) is 3.18. The van der Waals surface area contributed by atoms with Crippen molar-refractivity contribution in [2.24, 2.45) is 0 Å². The lowest BCUT2D eigenvalue weighted by molar-refractivity contribution is -0.0248. The molecule has 1 N–H and O–H groups in total. The van der Waals surface area contributed by atoms with Gasteiger partial charge in [0.25, 0.3) is 0 Å². The summed E-state index contributed by atoms with van der Waals surface area (Å²) < 4.78 is 13.9. The van der Waals surface area contributed by atoms with Crippen molar-refractivity contribution < 1.29 is 9.47 Å². The van der Waals surface area contributed by atoms with Crippen molar-refractivity contribution in [3.63, 3.8) is 0 Å². The molecular formula is C21H27N5O2. The highest BCUT2D eigenvalue weighted by molar-refractivity contribution is 5.86. The second-order valence-electron chi connectivity index (χ2n) is 8.19. The first kappa shape index (κ1) is 18.8. The third kappa shape index (κ3) is 3.86. The van der Waals surface area contributed by atoms with Gasteiger partial charge in [-0.25, -0.2) is 4.98 Å². The molecule has 3 aromatic rings. The van der Waals surface area contributed by atoms with Crippen LogP contribution in [0.2, 0.25) is 0 Å². The van der Waals surface area contributed by atoms with E-state index in [0.29, 0.717) is 19.1 Å². The Morgan fingerprint density at radius 1 is 1.36 bits per heavy atom. The van der Waals surface area contributed by atoms with Crippen LogP contribution in [-0.2, 0) is 10.3 Å². The highest BCUT2D eigenvalue weighted by atomic mass is 16.5. The summed E-state index contributed by atoms with van der Waals surface area (Å²) in [5.74, 6) is 0.575. The summed E-state index contributed by atoms with van der Waals surface area (Å²) >= 11 is 0. The average molecular weight is 381 g/mol. The van der Waals surface area contributed by atoms with Crippen LogP contribution in [-0.4, -0.2) is 51.7 Å². The number of morpholine rings is 1. The number of hydrogen-bond donors (Lipinski definition) is 1. The highest BCUT2D eigenvalue weighted by Crippen LogP contribution is 2.29. The maximum atomic E-state index is 6.12. The van der Waals surface area contributed by atoms with Gasteiger partial charge in [-0.05, 0) is 45.9 Å². The lowest BCUT2D eigenvalue weighted by Crippen LogP contribution is -2.49. The highest BCUT2D eigenvalue weighted by Gasteiger charge is 2.23. The molecule has 1 aliphatic heterocycles. The minimum Gasteiger partial charge on any atom is -0.474 e. The van der Waals surface area contributed by atoms with Crippen molar-refractivity contribution in [2.75, 3.05) is 19.8 Å². The number of fused-ring (bicyclic) bond motifs is 1. The fraction of sp³-hybridized carbons (Fsp3) is 0.476. The topological polar surface area (TPSA) is 74.1 Å². The van der Waals surface area contributed by atoms with Crippen molar-refractivity contribution in [1.29, 1.82) is 0 Å². The Balaban J connectivity index is 1.66. The molecule has 3 aromatic heterocycles. The number of rotatable bonds is 4. The van der Waals surface area contributed by atoms with E-state index in [2.05, 4.69) is 43.1 Å². The molecule has 7 nitrogen and oxygen atoms in total. The van der Waals surface area contributed by atoms with E-state index in [0.717, 1.165) is 28.7 Å². The van der Waals surface area contributed by atoms with Crippen LogP contribution in [0, 0.1) is 0 Å². The lowest BCUT2D eigenvalue weighted by Gasteiger charge is -2.30. The molecule has 1 aliphatic rings. The van der Waals surface area contributed by atoms with E-state index in [4.69, 9.17) is 14.5 Å². The van der Waals surface area contributed by atoms with Gasteiger partial charge in [0.2, 0.25) is 5.88 Å². The van der Waals surface area contributed by atoms with Gasteiger partial charge in [-0.15, -0.1) is 0 Å². The zero-order chi connectivity index (χ0) is 19.7. The number of nitrogens with one attached hydrogen (secondary N) is 1. The van der Waals surface area contributed by atoms with Crippen LogP contribution in [0.5, 0.6) is 5.88 Å². The molecule has 1 saturated heterocycles. The lowest BCUT2D eigenvalue weighted by atomic mass is 10.1. The zero-order valence-electron chi connectivity index (χ0n) is 16.8. The van der Waals surface area contributed by atoms with E-state index >= 15 is 0 Å². The molecule has 1 fully saturated rings. The summed E-state index contributed by atoms with van der Waals surface area (Å²) in [4.78, 5) is 9.29. The largest absolute Gasteiger partial charge is 0.474 e. The molecule has 28 heavy (non-hydrogen) atoms. The van der Waals surface area contributed by atoms with Gasteiger partial charge in [0.15, 0.2) is 0 Å². The molecule has 0 aliphatic carbocycles. The number of aromatic nitrogens is 4. The Labute approximate surface area is 165 Å². The van der Waals surface area contributed by atoms with Gasteiger partial charge >= 0.3 is 0 Å².